The summed E-state index contributed by atoms with van der Waals surface area (Å²) in [6.45, 7) is 0.894. The van der Waals surface area contributed by atoms with Crippen molar-refractivity contribution < 1.29 is 28.6 Å². The van der Waals surface area contributed by atoms with Gasteiger partial charge in [0, 0.05) is 21.2 Å². The van der Waals surface area contributed by atoms with Crippen LogP contribution in [0.1, 0.15) is 19.8 Å². The van der Waals surface area contributed by atoms with Crippen molar-refractivity contribution >= 4 is 47.4 Å². The maximum Gasteiger partial charge on any atom is 0.321 e. The van der Waals surface area contributed by atoms with Crippen molar-refractivity contribution in [2.24, 2.45) is 11.5 Å². The lowest BCUT2D eigenvalue weighted by atomic mass is 9.84. The molecule has 0 aliphatic carbocycles. The first-order chi connectivity index (χ1) is 21.2. The van der Waals surface area contributed by atoms with Gasteiger partial charge in [0.05, 0.1) is 6.61 Å². The molecule has 2 atom stereocenters. The van der Waals surface area contributed by atoms with Crippen LogP contribution < -0.4 is 32.7 Å². The number of carboxylic acids is 1. The van der Waals surface area contributed by atoms with Gasteiger partial charge in [-0.3, -0.25) is 9.59 Å². The van der Waals surface area contributed by atoms with E-state index in [1.54, 1.807) is 128 Å². The van der Waals surface area contributed by atoms with Gasteiger partial charge >= 0.3 is 11.9 Å². The average Bonchev–Trinajstić information content (AvgIpc) is 3.07. The Morgan fingerprint density at radius 3 is 1.18 bits per heavy atom. The number of hydrogen-bond acceptors (Lipinski definition) is 7. The van der Waals surface area contributed by atoms with Crippen LogP contribution in [0.25, 0.3) is 0 Å². The molecule has 8 nitrogen and oxygen atoms in total. The number of nitrogens with two attached hydrogens (primary N) is 2. The summed E-state index contributed by atoms with van der Waals surface area (Å²) >= 11 is 0. The Morgan fingerprint density at radius 2 is 0.909 bits per heavy atom. The van der Waals surface area contributed by atoms with Crippen LogP contribution in [0.5, 0.6) is 0 Å². The number of esters is 1. The van der Waals surface area contributed by atoms with Gasteiger partial charge in [0.25, 0.3) is 0 Å². The van der Waals surface area contributed by atoms with E-state index >= 15 is 9.13 Å². The second-order valence-electron chi connectivity index (χ2n) is 10.4. The molecule has 0 aliphatic heterocycles. The van der Waals surface area contributed by atoms with E-state index in [1.807, 2.05) is 0 Å². The Hall–Kier alpha value is -3.80. The van der Waals surface area contributed by atoms with E-state index in [0.29, 0.717) is 0 Å². The van der Waals surface area contributed by atoms with Crippen molar-refractivity contribution in [2.75, 3.05) is 19.7 Å². The van der Waals surface area contributed by atoms with Crippen molar-refractivity contribution in [1.29, 1.82) is 0 Å². The molecule has 0 aliphatic rings. The molecule has 4 aromatic carbocycles. The number of aliphatic carboxylic acids is 1. The maximum absolute atomic E-state index is 16.5. The SMILES string of the molecule is CCOC(=O)C(CCN)(C(CCN)(C(=O)O)P(=O)(c1ccccc1)c1ccccc1)P(=O)(c1ccccc1)c1ccccc1. The van der Waals surface area contributed by atoms with E-state index in [4.69, 9.17) is 16.2 Å². The molecule has 10 heteroatoms. The van der Waals surface area contributed by atoms with Crippen LogP contribution in [-0.4, -0.2) is 47.1 Å². The predicted molar refractivity (Wildman–Crippen MR) is 177 cm³/mol. The zero-order valence-electron chi connectivity index (χ0n) is 24.6. The molecule has 0 amide bonds. The highest BCUT2D eigenvalue weighted by Gasteiger charge is 2.77. The number of hydrogen-bond donors (Lipinski definition) is 3. The van der Waals surface area contributed by atoms with Crippen molar-refractivity contribution in [2.45, 2.75) is 30.1 Å². The second-order valence-corrected chi connectivity index (χ2v) is 16.4. The third-order valence-corrected chi connectivity index (χ3v) is 16.2. The van der Waals surface area contributed by atoms with Gasteiger partial charge in [0.1, 0.15) is 0 Å². The van der Waals surface area contributed by atoms with Crippen LogP contribution in [-0.2, 0) is 23.5 Å². The Kier molecular flexibility index (Phi) is 10.4. The zero-order valence-corrected chi connectivity index (χ0v) is 26.4. The van der Waals surface area contributed by atoms with E-state index in [1.165, 1.54) is 0 Å². The average molecular weight is 633 g/mol. The molecule has 0 bridgehead atoms. The van der Waals surface area contributed by atoms with E-state index in [-0.39, 0.29) is 40.9 Å². The minimum Gasteiger partial charge on any atom is -0.480 e. The van der Waals surface area contributed by atoms with Crippen molar-refractivity contribution in [1.82, 2.24) is 0 Å². The third kappa shape index (κ3) is 5.06. The van der Waals surface area contributed by atoms with Gasteiger partial charge in [-0.05, 0) is 32.9 Å². The summed E-state index contributed by atoms with van der Waals surface area (Å²) < 4.78 is 38.6. The number of rotatable bonds is 14. The van der Waals surface area contributed by atoms with Crippen LogP contribution in [0.15, 0.2) is 121 Å². The van der Waals surface area contributed by atoms with Gasteiger partial charge in [0.15, 0.2) is 24.6 Å². The van der Waals surface area contributed by atoms with Crippen molar-refractivity contribution in [3.8, 4) is 0 Å². The molecule has 0 radical (unpaired) electrons. The van der Waals surface area contributed by atoms with Crippen molar-refractivity contribution in [3.63, 3.8) is 0 Å². The lowest BCUT2D eigenvalue weighted by Crippen LogP contribution is -2.68. The summed E-state index contributed by atoms with van der Waals surface area (Å²) in [4.78, 5) is 29.3. The first-order valence-corrected chi connectivity index (χ1v) is 17.9. The van der Waals surface area contributed by atoms with Crippen LogP contribution in [0.2, 0.25) is 0 Å². The van der Waals surface area contributed by atoms with Crippen LogP contribution in [0.3, 0.4) is 0 Å². The molecular formula is C34H38N2O6P2. The number of ether oxygens (including phenoxy) is 1. The quantitative estimate of drug-likeness (QED) is 0.140. The van der Waals surface area contributed by atoms with Gasteiger partial charge in [-0.25, -0.2) is 0 Å². The molecule has 44 heavy (non-hydrogen) atoms. The van der Waals surface area contributed by atoms with Crippen LogP contribution in [0.4, 0.5) is 0 Å². The normalized spacial score (nSPS) is 14.6. The molecule has 0 fully saturated rings. The van der Waals surface area contributed by atoms with E-state index in [0.717, 1.165) is 0 Å². The summed E-state index contributed by atoms with van der Waals surface area (Å²) in [5, 5.41) is 7.38. The summed E-state index contributed by atoms with van der Waals surface area (Å²) in [5.41, 5.74) is 12.5. The monoisotopic (exact) mass is 632 g/mol. The molecule has 0 aromatic heterocycles. The third-order valence-electron chi connectivity index (χ3n) is 8.22. The fourth-order valence-electron chi connectivity index (χ4n) is 6.47. The molecule has 0 saturated carbocycles. The summed E-state index contributed by atoms with van der Waals surface area (Å²) in [6.07, 6.45) is -0.880. The topological polar surface area (TPSA) is 150 Å². The Morgan fingerprint density at radius 1 is 0.614 bits per heavy atom. The largest absolute Gasteiger partial charge is 0.480 e. The molecule has 0 spiro atoms. The first kappa shape index (κ1) is 33.1. The molecule has 0 heterocycles. The highest BCUT2D eigenvalue weighted by Crippen LogP contribution is 2.74. The number of carbonyl (C=O) groups excluding carboxylic acids is 1. The molecular weight excluding hydrogens is 594 g/mol. The van der Waals surface area contributed by atoms with Gasteiger partial charge < -0.3 is 30.4 Å². The maximum atomic E-state index is 16.5. The lowest BCUT2D eigenvalue weighted by Gasteiger charge is -2.53. The number of benzene rings is 4. The molecule has 5 N–H and O–H groups in total. The van der Waals surface area contributed by atoms with E-state index in [2.05, 4.69) is 0 Å². The Labute approximate surface area is 258 Å². The first-order valence-electron chi connectivity index (χ1n) is 14.5. The fourth-order valence-corrected chi connectivity index (χ4v) is 15.0. The van der Waals surface area contributed by atoms with Gasteiger partial charge in [-0.1, -0.05) is 121 Å². The number of carboxylic acid groups (broad SMARTS) is 1. The molecule has 0 saturated heterocycles. The van der Waals surface area contributed by atoms with Gasteiger partial charge in [-0.15, -0.1) is 0 Å². The van der Waals surface area contributed by atoms with Gasteiger partial charge in [0.2, 0.25) is 0 Å². The summed E-state index contributed by atoms with van der Waals surface area (Å²) in [6, 6.07) is 32.9. The second kappa shape index (κ2) is 13.9. The Balaban J connectivity index is 2.38. The predicted octanol–water partition coefficient (Wildman–Crippen LogP) is 3.84. The van der Waals surface area contributed by atoms with Gasteiger partial charge in [-0.2, -0.15) is 0 Å². The molecule has 2 unspecified atom stereocenters. The standard InChI is InChI=1S/C34H38N2O6P2/c1-2-42-32(39)34(24-26-36,44(41,29-19-11-5-12-20-29)30-21-13-6-14-22-30)33(23-25-35,31(37)38)43(40,27-15-7-3-8-16-27)28-17-9-4-10-18-28/h3-22H,2,23-26,35-36H2,1H3,(H,37,38). The van der Waals surface area contributed by atoms with Crippen LogP contribution >= 0.6 is 14.3 Å². The smallest absolute Gasteiger partial charge is 0.321 e. The molecule has 4 aromatic rings. The highest BCUT2D eigenvalue weighted by atomic mass is 31.2. The highest BCUT2D eigenvalue weighted by molar-refractivity contribution is 7.85. The molecule has 4 rings (SSSR count). The summed E-state index contributed by atoms with van der Waals surface area (Å²) in [5.74, 6) is -2.63. The van der Waals surface area contributed by atoms with Crippen molar-refractivity contribution in [3.05, 3.63) is 121 Å². The minimum absolute atomic E-state index is 0.145. The van der Waals surface area contributed by atoms with E-state index < -0.39 is 49.4 Å². The number of carbonyl (C=O) groups is 2. The minimum atomic E-state index is -4.51. The Bertz CT molecular complexity index is 1570. The molecule has 230 valence electrons. The summed E-state index contributed by atoms with van der Waals surface area (Å²) in [7, 11) is -8.99. The van der Waals surface area contributed by atoms with Crippen LogP contribution in [0, 0.1) is 0 Å². The zero-order chi connectivity index (χ0) is 31.8. The lowest BCUT2D eigenvalue weighted by molar-refractivity contribution is -0.154. The fraction of sp³-hybridized carbons (Fsp3) is 0.235. The van der Waals surface area contributed by atoms with E-state index in [9.17, 15) is 14.7 Å².